The minimum Gasteiger partial charge on any atom is -0.0622 e. The SMILES string of the molecule is CC1CC2C3CC(C)C4CCC5C(C)CC(C6CC(C)C7CCC1C7C26)C3C45. The lowest BCUT2D eigenvalue weighted by Crippen LogP contribution is -2.62. The van der Waals surface area contributed by atoms with Gasteiger partial charge >= 0.3 is 0 Å². The van der Waals surface area contributed by atoms with Gasteiger partial charge in [0.25, 0.3) is 0 Å². The van der Waals surface area contributed by atoms with Crippen LogP contribution in [0.5, 0.6) is 0 Å². The van der Waals surface area contributed by atoms with Gasteiger partial charge in [0, 0.05) is 0 Å². The van der Waals surface area contributed by atoms with Gasteiger partial charge in [-0.3, -0.25) is 0 Å². The van der Waals surface area contributed by atoms with Crippen molar-refractivity contribution in [2.24, 2.45) is 94.7 Å². The minimum absolute atomic E-state index is 1.04. The standard InChI is InChI=1S/C28H44/c1-13-9-21-22-10-15(3)19-7-8-20-16(4)12-24(28(22)26(19)20)23-11-14(2)18-6-5-17(13)25(18)27(21)23/h13-28H,5-12H2,1-4H3. The minimum atomic E-state index is 1.04. The molecule has 7 rings (SSSR count). The van der Waals surface area contributed by atoms with Gasteiger partial charge in [0.05, 0.1) is 0 Å². The van der Waals surface area contributed by atoms with Crippen LogP contribution in [0.4, 0.5) is 0 Å². The molecular formula is C28H44. The Labute approximate surface area is 174 Å². The van der Waals surface area contributed by atoms with Gasteiger partial charge in [-0.2, -0.15) is 0 Å². The van der Waals surface area contributed by atoms with Gasteiger partial charge in [-0.15, -0.1) is 0 Å². The van der Waals surface area contributed by atoms with Crippen LogP contribution in [0, 0.1) is 94.7 Å². The van der Waals surface area contributed by atoms with Crippen LogP contribution in [0.1, 0.15) is 79.1 Å². The van der Waals surface area contributed by atoms with E-state index in [4.69, 9.17) is 0 Å². The summed E-state index contributed by atoms with van der Waals surface area (Å²) in [6, 6.07) is 0. The Bertz CT molecular complexity index is 542. The Balaban J connectivity index is 1.35. The molecule has 0 aromatic heterocycles. The Kier molecular flexibility index (Phi) is 3.67. The van der Waals surface area contributed by atoms with E-state index in [9.17, 15) is 0 Å². The average molecular weight is 381 g/mol. The average Bonchev–Trinajstić information content (AvgIpc) is 3.30. The summed E-state index contributed by atoms with van der Waals surface area (Å²) in [6.45, 7) is 10.7. The van der Waals surface area contributed by atoms with E-state index in [1.165, 1.54) is 0 Å². The highest BCUT2D eigenvalue weighted by Gasteiger charge is 2.67. The monoisotopic (exact) mass is 380 g/mol. The molecule has 0 aliphatic heterocycles. The molecule has 12 unspecified atom stereocenters. The molecule has 0 heterocycles. The lowest BCUT2D eigenvalue weighted by atomic mass is 9.37. The van der Waals surface area contributed by atoms with Crippen LogP contribution in [0.25, 0.3) is 0 Å². The third-order valence-corrected chi connectivity index (χ3v) is 13.1. The van der Waals surface area contributed by atoms with E-state index in [2.05, 4.69) is 27.7 Å². The second-order valence-corrected chi connectivity index (χ2v) is 13.6. The van der Waals surface area contributed by atoms with Crippen molar-refractivity contribution in [3.05, 3.63) is 0 Å². The van der Waals surface area contributed by atoms with Crippen LogP contribution in [-0.2, 0) is 0 Å². The van der Waals surface area contributed by atoms with Crippen molar-refractivity contribution in [1.82, 2.24) is 0 Å². The topological polar surface area (TPSA) is 0 Å². The Morgan fingerprint density at radius 1 is 0.321 bits per heavy atom. The first-order valence-electron chi connectivity index (χ1n) is 13.5. The quantitative estimate of drug-likeness (QED) is 0.419. The van der Waals surface area contributed by atoms with Crippen molar-refractivity contribution in [2.75, 3.05) is 0 Å². The second kappa shape index (κ2) is 5.82. The van der Waals surface area contributed by atoms with Crippen LogP contribution in [0.2, 0.25) is 0 Å². The smallest absolute Gasteiger partial charge is 0.0318 e. The van der Waals surface area contributed by atoms with E-state index in [1.54, 1.807) is 51.4 Å². The molecule has 0 nitrogen and oxygen atoms in total. The van der Waals surface area contributed by atoms with Crippen molar-refractivity contribution in [1.29, 1.82) is 0 Å². The molecule has 0 aromatic carbocycles. The summed E-state index contributed by atoms with van der Waals surface area (Å²) in [4.78, 5) is 0. The predicted molar refractivity (Wildman–Crippen MR) is 115 cm³/mol. The molecule has 0 aromatic rings. The van der Waals surface area contributed by atoms with Gasteiger partial charge in [-0.25, -0.2) is 0 Å². The van der Waals surface area contributed by atoms with Crippen LogP contribution >= 0.6 is 0 Å². The predicted octanol–water partition coefficient (Wildman–Crippen LogP) is 7.14. The molecule has 0 radical (unpaired) electrons. The zero-order valence-corrected chi connectivity index (χ0v) is 18.9. The molecule has 0 spiro atoms. The first-order chi connectivity index (χ1) is 13.5. The summed E-state index contributed by atoms with van der Waals surface area (Å²) >= 11 is 0. The summed E-state index contributed by atoms with van der Waals surface area (Å²) in [5.41, 5.74) is 0. The van der Waals surface area contributed by atoms with E-state index in [0.29, 0.717) is 0 Å². The summed E-state index contributed by atoms with van der Waals surface area (Å²) in [5, 5.41) is 0. The van der Waals surface area contributed by atoms with E-state index in [0.717, 1.165) is 94.7 Å². The van der Waals surface area contributed by atoms with Gasteiger partial charge in [0.15, 0.2) is 0 Å². The molecule has 0 heteroatoms. The largest absolute Gasteiger partial charge is 0.0622 e. The van der Waals surface area contributed by atoms with Crippen molar-refractivity contribution in [3.63, 3.8) is 0 Å². The van der Waals surface area contributed by atoms with Crippen LogP contribution in [0.3, 0.4) is 0 Å². The van der Waals surface area contributed by atoms with Crippen LogP contribution in [0.15, 0.2) is 0 Å². The molecule has 7 aliphatic rings. The maximum absolute atomic E-state index is 2.68. The van der Waals surface area contributed by atoms with Crippen molar-refractivity contribution >= 4 is 0 Å². The fraction of sp³-hybridized carbons (Fsp3) is 1.00. The third-order valence-electron chi connectivity index (χ3n) is 13.1. The molecule has 0 N–H and O–H groups in total. The van der Waals surface area contributed by atoms with Gasteiger partial charge < -0.3 is 0 Å². The fourth-order valence-electron chi connectivity index (χ4n) is 12.6. The molecular weight excluding hydrogens is 336 g/mol. The molecule has 7 aliphatic carbocycles. The molecule has 0 saturated heterocycles. The van der Waals surface area contributed by atoms with Crippen LogP contribution in [-0.4, -0.2) is 0 Å². The summed E-state index contributed by atoms with van der Waals surface area (Å²) in [5.74, 6) is 17.7. The highest BCUT2D eigenvalue weighted by Crippen LogP contribution is 2.73. The maximum atomic E-state index is 2.68. The molecule has 0 amide bonds. The molecule has 156 valence electrons. The van der Waals surface area contributed by atoms with E-state index in [1.807, 2.05) is 0 Å². The van der Waals surface area contributed by atoms with Gasteiger partial charge in [-0.05, 0) is 146 Å². The van der Waals surface area contributed by atoms with Crippen LogP contribution < -0.4 is 0 Å². The summed E-state index contributed by atoms with van der Waals surface area (Å²) in [6.07, 6.45) is 12.9. The maximum Gasteiger partial charge on any atom is -0.0318 e. The molecule has 28 heavy (non-hydrogen) atoms. The Morgan fingerprint density at radius 3 is 0.786 bits per heavy atom. The number of hydrogen-bond donors (Lipinski definition) is 0. The zero-order chi connectivity index (χ0) is 18.9. The summed E-state index contributed by atoms with van der Waals surface area (Å²) in [7, 11) is 0. The first-order valence-corrected chi connectivity index (χ1v) is 13.5. The van der Waals surface area contributed by atoms with E-state index < -0.39 is 0 Å². The Morgan fingerprint density at radius 2 is 0.536 bits per heavy atom. The highest BCUT2D eigenvalue weighted by atomic mass is 14.7. The number of rotatable bonds is 0. The second-order valence-electron chi connectivity index (χ2n) is 13.6. The molecule has 0 bridgehead atoms. The van der Waals surface area contributed by atoms with Gasteiger partial charge in [0.2, 0.25) is 0 Å². The van der Waals surface area contributed by atoms with E-state index >= 15 is 0 Å². The molecule has 12 atom stereocenters. The van der Waals surface area contributed by atoms with Gasteiger partial charge in [0.1, 0.15) is 0 Å². The number of hydrogen-bond acceptors (Lipinski definition) is 0. The zero-order valence-electron chi connectivity index (χ0n) is 18.9. The van der Waals surface area contributed by atoms with Gasteiger partial charge in [-0.1, -0.05) is 27.7 Å². The summed E-state index contributed by atoms with van der Waals surface area (Å²) < 4.78 is 0. The van der Waals surface area contributed by atoms with Crippen molar-refractivity contribution < 1.29 is 0 Å². The fourth-order valence-corrected chi connectivity index (χ4v) is 12.6. The normalized spacial score (nSPS) is 69.0. The highest BCUT2D eigenvalue weighted by molar-refractivity contribution is 5.15. The van der Waals surface area contributed by atoms with Crippen molar-refractivity contribution in [3.8, 4) is 0 Å². The first kappa shape index (κ1) is 17.7. The molecule has 7 fully saturated rings. The molecule has 7 saturated carbocycles. The number of fused-ring (bicyclic) bond motifs is 2. The lowest BCUT2D eigenvalue weighted by Gasteiger charge is -2.68. The lowest BCUT2D eigenvalue weighted by molar-refractivity contribution is -0.197. The van der Waals surface area contributed by atoms with E-state index in [-0.39, 0.29) is 0 Å². The Hall–Kier alpha value is 0. The third kappa shape index (κ3) is 2.01. The van der Waals surface area contributed by atoms with Crippen molar-refractivity contribution in [2.45, 2.75) is 79.1 Å².